The number of rotatable bonds is 21. The van der Waals surface area contributed by atoms with E-state index in [1.54, 1.807) is 0 Å². The molecule has 0 aliphatic heterocycles. The van der Waals surface area contributed by atoms with E-state index >= 15 is 0 Å². The van der Waals surface area contributed by atoms with Crippen LogP contribution in [0.2, 0.25) is 0 Å². The number of carbonyl (C=O) groups is 1. The van der Waals surface area contributed by atoms with Crippen LogP contribution in [-0.4, -0.2) is 43.8 Å². The maximum Gasteiger partial charge on any atom is 0.309 e. The van der Waals surface area contributed by atoms with E-state index in [0.29, 0.717) is 0 Å². The Kier molecular flexibility index (Phi) is 15.9. The average molecular weight is 539 g/mol. The third kappa shape index (κ3) is 14.6. The first-order valence-corrected chi connectivity index (χ1v) is 15.6. The fraction of sp³-hybridized carbons (Fsp3) is 0.629. The van der Waals surface area contributed by atoms with Crippen LogP contribution in [0.1, 0.15) is 103 Å². The van der Waals surface area contributed by atoms with E-state index in [-0.39, 0.29) is 24.6 Å². The number of carbonyl (C=O) groups excluding carboxylic acids is 1. The normalized spacial score (nSPS) is 13.2. The van der Waals surface area contributed by atoms with Crippen molar-refractivity contribution in [2.24, 2.45) is 5.92 Å². The van der Waals surface area contributed by atoms with Gasteiger partial charge in [-0.15, -0.1) is 0 Å². The van der Waals surface area contributed by atoms with Gasteiger partial charge in [0.05, 0.1) is 26.6 Å². The van der Waals surface area contributed by atoms with Gasteiger partial charge in [-0.05, 0) is 31.4 Å². The van der Waals surface area contributed by atoms with Crippen LogP contribution in [0.25, 0.3) is 0 Å². The highest BCUT2D eigenvalue weighted by Gasteiger charge is 2.22. The molecule has 2 atom stereocenters. The summed E-state index contributed by atoms with van der Waals surface area (Å²) in [5, 5.41) is 0. The van der Waals surface area contributed by atoms with Gasteiger partial charge in [0.1, 0.15) is 25.0 Å². The largest absolute Gasteiger partial charge is 0.487 e. The second-order valence-corrected chi connectivity index (χ2v) is 12.1. The molecular weight excluding hydrogens is 482 g/mol. The lowest BCUT2D eigenvalue weighted by atomic mass is 10.0. The molecule has 218 valence electrons. The van der Waals surface area contributed by atoms with Crippen molar-refractivity contribution in [3.63, 3.8) is 0 Å². The summed E-state index contributed by atoms with van der Waals surface area (Å²) in [5.41, 5.74) is 2.57. The number of benzene rings is 2. The predicted molar refractivity (Wildman–Crippen MR) is 164 cm³/mol. The molecule has 2 unspecified atom stereocenters. The van der Waals surface area contributed by atoms with Gasteiger partial charge in [-0.2, -0.15) is 0 Å². The van der Waals surface area contributed by atoms with Crippen LogP contribution in [0.15, 0.2) is 54.6 Å². The second-order valence-electron chi connectivity index (χ2n) is 12.1. The Morgan fingerprint density at radius 2 is 1.38 bits per heavy atom. The summed E-state index contributed by atoms with van der Waals surface area (Å²) in [6.45, 7) is 8.37. The van der Waals surface area contributed by atoms with Crippen molar-refractivity contribution in [3.8, 4) is 5.75 Å². The standard InChI is InChI=1S/C35H56NO3/c1-6-7-8-9-10-11-12-13-14-18-23-33-24-19-20-25-34(33)39-31(3)29-38-35(37)30(2)26-27-36(4,5)28-32-21-16-15-17-22-32/h15-17,19-22,24-25,30-31H,6-14,18,23,26-29H2,1-5H3/q+1. The molecule has 39 heavy (non-hydrogen) atoms. The monoisotopic (exact) mass is 538 g/mol. The molecule has 0 saturated carbocycles. The van der Waals surface area contributed by atoms with Crippen molar-refractivity contribution >= 4 is 5.97 Å². The average Bonchev–Trinajstić information content (AvgIpc) is 2.92. The van der Waals surface area contributed by atoms with Gasteiger partial charge in [0.2, 0.25) is 0 Å². The lowest BCUT2D eigenvalue weighted by Crippen LogP contribution is -2.40. The van der Waals surface area contributed by atoms with Crippen molar-refractivity contribution < 1.29 is 18.8 Å². The summed E-state index contributed by atoms with van der Waals surface area (Å²) in [4.78, 5) is 12.7. The van der Waals surface area contributed by atoms with Crippen LogP contribution >= 0.6 is 0 Å². The Labute approximate surface area is 239 Å². The highest BCUT2D eigenvalue weighted by atomic mass is 16.6. The number of nitrogens with zero attached hydrogens (tertiary/aromatic N) is 1. The van der Waals surface area contributed by atoms with Crippen LogP contribution in [0.4, 0.5) is 0 Å². The van der Waals surface area contributed by atoms with Crippen molar-refractivity contribution in [2.75, 3.05) is 27.2 Å². The van der Waals surface area contributed by atoms with Crippen molar-refractivity contribution in [3.05, 3.63) is 65.7 Å². The molecule has 0 heterocycles. The molecule has 0 saturated heterocycles. The van der Waals surface area contributed by atoms with Gasteiger partial charge in [0.25, 0.3) is 0 Å². The van der Waals surface area contributed by atoms with E-state index in [1.165, 1.54) is 75.3 Å². The van der Waals surface area contributed by atoms with E-state index in [0.717, 1.165) is 36.2 Å². The number of hydrogen-bond acceptors (Lipinski definition) is 3. The molecule has 4 nitrogen and oxygen atoms in total. The van der Waals surface area contributed by atoms with E-state index in [4.69, 9.17) is 9.47 Å². The molecule has 0 N–H and O–H groups in total. The molecule has 0 amide bonds. The van der Waals surface area contributed by atoms with Gasteiger partial charge in [-0.25, -0.2) is 0 Å². The highest BCUT2D eigenvalue weighted by molar-refractivity contribution is 5.71. The minimum Gasteiger partial charge on any atom is -0.487 e. The summed E-state index contributed by atoms with van der Waals surface area (Å²) in [7, 11) is 4.43. The number of aryl methyl sites for hydroxylation is 1. The summed E-state index contributed by atoms with van der Waals surface area (Å²) in [5.74, 6) is 0.655. The number of esters is 1. The minimum absolute atomic E-state index is 0.131. The van der Waals surface area contributed by atoms with Gasteiger partial charge >= 0.3 is 5.97 Å². The van der Waals surface area contributed by atoms with Crippen LogP contribution in [0.3, 0.4) is 0 Å². The van der Waals surface area contributed by atoms with Gasteiger partial charge in [-0.1, -0.05) is 120 Å². The summed E-state index contributed by atoms with van der Waals surface area (Å²) < 4.78 is 12.7. The third-order valence-electron chi connectivity index (χ3n) is 7.58. The summed E-state index contributed by atoms with van der Waals surface area (Å²) >= 11 is 0. The van der Waals surface area contributed by atoms with E-state index in [9.17, 15) is 4.79 Å². The van der Waals surface area contributed by atoms with Gasteiger partial charge in [0.15, 0.2) is 0 Å². The number of quaternary nitrogens is 1. The zero-order valence-corrected chi connectivity index (χ0v) is 25.6. The van der Waals surface area contributed by atoms with Crippen molar-refractivity contribution in [1.29, 1.82) is 0 Å². The number of hydrogen-bond donors (Lipinski definition) is 0. The molecule has 4 heteroatoms. The molecule has 0 aliphatic rings. The predicted octanol–water partition coefficient (Wildman–Crippen LogP) is 8.76. The topological polar surface area (TPSA) is 35.5 Å². The first-order chi connectivity index (χ1) is 18.8. The summed E-state index contributed by atoms with van der Waals surface area (Å²) in [6.07, 6.45) is 15.1. The smallest absolute Gasteiger partial charge is 0.309 e. The number of unbranched alkanes of at least 4 members (excludes halogenated alkanes) is 9. The molecule has 0 bridgehead atoms. The Hall–Kier alpha value is -2.33. The van der Waals surface area contributed by atoms with Crippen LogP contribution < -0.4 is 4.74 Å². The molecule has 0 aliphatic carbocycles. The van der Waals surface area contributed by atoms with E-state index in [2.05, 4.69) is 57.4 Å². The quantitative estimate of drug-likeness (QED) is 0.0905. The maximum atomic E-state index is 12.7. The lowest BCUT2D eigenvalue weighted by molar-refractivity contribution is -0.904. The zero-order valence-electron chi connectivity index (χ0n) is 25.6. The lowest BCUT2D eigenvalue weighted by Gasteiger charge is -2.30. The first kappa shape index (κ1) is 32.9. The molecule has 0 spiro atoms. The number of para-hydroxylation sites is 1. The van der Waals surface area contributed by atoms with E-state index in [1.807, 2.05) is 32.0 Å². The zero-order chi connectivity index (χ0) is 28.3. The minimum atomic E-state index is -0.180. The van der Waals surface area contributed by atoms with Crippen molar-refractivity contribution in [2.45, 2.75) is 110 Å². The Balaban J connectivity index is 1.65. The fourth-order valence-electron chi connectivity index (χ4n) is 5.04. The summed E-state index contributed by atoms with van der Waals surface area (Å²) in [6, 6.07) is 18.8. The van der Waals surface area contributed by atoms with Crippen LogP contribution in [-0.2, 0) is 22.5 Å². The second kappa shape index (κ2) is 18.9. The van der Waals surface area contributed by atoms with E-state index < -0.39 is 0 Å². The molecule has 2 rings (SSSR count). The molecular formula is C35H56NO3+. The number of ether oxygens (including phenoxy) is 2. The first-order valence-electron chi connectivity index (χ1n) is 15.6. The Morgan fingerprint density at radius 3 is 2.05 bits per heavy atom. The maximum absolute atomic E-state index is 12.7. The third-order valence-corrected chi connectivity index (χ3v) is 7.58. The van der Waals surface area contributed by atoms with Gasteiger partial charge in [-0.3, -0.25) is 4.79 Å². The van der Waals surface area contributed by atoms with Crippen molar-refractivity contribution in [1.82, 2.24) is 0 Å². The Bertz CT molecular complexity index is 911. The molecule has 2 aromatic carbocycles. The SMILES string of the molecule is CCCCCCCCCCCCc1ccccc1OC(C)COC(=O)C(C)CC[N+](C)(C)Cc1ccccc1. The van der Waals surface area contributed by atoms with Crippen LogP contribution in [0, 0.1) is 5.92 Å². The molecule has 0 radical (unpaired) electrons. The fourth-order valence-corrected chi connectivity index (χ4v) is 5.04. The van der Waals surface area contributed by atoms with Crippen LogP contribution in [0.5, 0.6) is 5.75 Å². The highest BCUT2D eigenvalue weighted by Crippen LogP contribution is 2.23. The molecule has 0 aromatic heterocycles. The molecule has 0 fully saturated rings. The van der Waals surface area contributed by atoms with Gasteiger partial charge in [0, 0.05) is 12.0 Å². The van der Waals surface area contributed by atoms with Gasteiger partial charge < -0.3 is 14.0 Å². The Morgan fingerprint density at radius 1 is 0.795 bits per heavy atom. The molecule has 2 aromatic rings.